The molecule has 2 aromatic heterocycles. The van der Waals surface area contributed by atoms with E-state index < -0.39 is 47.6 Å². The summed E-state index contributed by atoms with van der Waals surface area (Å²) in [5.74, 6) is -0.316. The number of nitrogens with one attached hydrogen (secondary N) is 3. The van der Waals surface area contributed by atoms with Gasteiger partial charge in [-0.25, -0.2) is 28.3 Å². The van der Waals surface area contributed by atoms with Crippen molar-refractivity contribution in [1.82, 2.24) is 40.0 Å². The number of fused-ring (bicyclic) bond motifs is 4. The molecule has 16 nitrogen and oxygen atoms in total. The minimum absolute atomic E-state index is 0.00850. The number of hydrogen-bond acceptors (Lipinski definition) is 9. The summed E-state index contributed by atoms with van der Waals surface area (Å²) in [5.41, 5.74) is 4.01. The molecule has 0 spiro atoms. The maximum Gasteiger partial charge on any atom is 0.407 e. The molecule has 9 atom stereocenters. The van der Waals surface area contributed by atoms with Crippen molar-refractivity contribution in [3.63, 3.8) is 0 Å². The zero-order chi connectivity index (χ0) is 55.7. The highest BCUT2D eigenvalue weighted by atomic mass is 19.1. The maximum atomic E-state index is 17.3. The van der Waals surface area contributed by atoms with E-state index in [1.54, 1.807) is 0 Å². The van der Waals surface area contributed by atoms with Gasteiger partial charge in [0.2, 0.25) is 11.8 Å². The van der Waals surface area contributed by atoms with Crippen LogP contribution in [0.2, 0.25) is 0 Å². The topological polar surface area (TPSA) is 181 Å². The highest BCUT2D eigenvalue weighted by Gasteiger charge is 2.54. The molecule has 4 N–H and O–H groups in total. The Bertz CT molecular complexity index is 3300. The lowest BCUT2D eigenvalue weighted by atomic mass is 9.89. The molecule has 6 unspecified atom stereocenters. The second kappa shape index (κ2) is 21.3. The molecule has 6 heterocycles. The van der Waals surface area contributed by atoms with E-state index in [9.17, 15) is 19.5 Å². The van der Waals surface area contributed by atoms with Gasteiger partial charge in [-0.3, -0.25) is 14.2 Å². The van der Waals surface area contributed by atoms with Crippen LogP contribution in [0.5, 0.6) is 0 Å². The van der Waals surface area contributed by atoms with E-state index in [4.69, 9.17) is 14.7 Å². The molecule has 6 aromatic rings. The second-order valence-corrected chi connectivity index (χ2v) is 24.2. The number of hydrogen-bond donors (Lipinski definition) is 4. The number of imidazole rings is 2. The van der Waals surface area contributed by atoms with Crippen molar-refractivity contribution in [3.05, 3.63) is 119 Å². The van der Waals surface area contributed by atoms with E-state index in [1.165, 1.54) is 24.8 Å². The van der Waals surface area contributed by atoms with Gasteiger partial charge < -0.3 is 45.1 Å². The van der Waals surface area contributed by atoms with Gasteiger partial charge in [-0.05, 0) is 136 Å². The number of amides is 4. The van der Waals surface area contributed by atoms with Gasteiger partial charge in [0, 0.05) is 43.0 Å². The van der Waals surface area contributed by atoms with E-state index in [2.05, 4.69) is 49.4 Å². The number of rotatable bonds is 13. The normalized spacial score (nSPS) is 25.7. The fourth-order valence-electron chi connectivity index (χ4n) is 15.4. The summed E-state index contributed by atoms with van der Waals surface area (Å²) in [6, 6.07) is 24.3. The van der Waals surface area contributed by atoms with Crippen LogP contribution in [0.4, 0.5) is 29.7 Å². The SMILES string of the molecule is COC(=O)NC(C(=O)N1C(c2nc3cc(C4(n5c(C6C[C@@H]7CCC[C@@H]7N6C(=O)[C@@H](NC(=O)O)C(C)C)nc6ccccc65)CCCN4c4cc(F)c(N5CCC(c6ccccc6)CC5)c(F)c4)ccc3[nH]2)CC2CCCC21)C(C)C. The maximum absolute atomic E-state index is 17.3. The fourth-order valence-corrected chi connectivity index (χ4v) is 15.4. The first-order valence-corrected chi connectivity index (χ1v) is 29.2. The lowest BCUT2D eigenvalue weighted by molar-refractivity contribution is -0.138. The number of aromatic nitrogens is 4. The Hall–Kier alpha value is -7.24. The average Bonchev–Trinajstić information content (AvgIpc) is 4.52. The fraction of sp³-hybridized carbons (Fsp3) is 0.516. The molecule has 80 heavy (non-hydrogen) atoms. The number of para-hydroxylation sites is 2. The number of ether oxygens (including phenoxy) is 1. The predicted octanol–water partition coefficient (Wildman–Crippen LogP) is 11.1. The standard InChI is InChI=1S/C62H74F2N10O6/c1-35(2)53(68-60(77)78)58(75)73-49-21-12-17-40(49)31-52(73)57-67-46-18-9-10-19-50(46)74(57)62(26-13-27-71(62)42-33-43(63)55(44(64)34-42)70-28-24-38(25-29-70)37-14-7-6-8-15-37)41-22-23-45-47(32-41)66-56(65-45)51-30-39-16-11-20-48(39)72(51)59(76)54(36(3)4)69-61(79)80-5/h6-10,14-15,18-19,22-23,32-36,38-40,48-49,51-54,68H,11-13,16-17,20-21,24-31H2,1-5H3,(H,65,66)(H,69,79)(H,77,78)/t39?,40-,48?,49-,51?,52?,53-,54?,62?/m0/s1. The van der Waals surface area contributed by atoms with Crippen molar-refractivity contribution in [2.75, 3.05) is 36.5 Å². The Morgan fingerprint density at radius 2 is 1.34 bits per heavy atom. The zero-order valence-electron chi connectivity index (χ0n) is 46.4. The number of benzene rings is 4. The molecule has 0 bridgehead atoms. The number of H-pyrrole nitrogens is 1. The highest BCUT2D eigenvalue weighted by molar-refractivity contribution is 5.88. The molecular formula is C62H74F2N10O6. The third-order valence-electron chi connectivity index (χ3n) is 19.1. The summed E-state index contributed by atoms with van der Waals surface area (Å²) in [5, 5.41) is 15.4. The molecule has 4 aliphatic heterocycles. The van der Waals surface area contributed by atoms with Gasteiger partial charge in [-0.1, -0.05) is 89.1 Å². The smallest absolute Gasteiger partial charge is 0.407 e. The number of nitrogens with zero attached hydrogens (tertiary/aromatic N) is 7. The van der Waals surface area contributed by atoms with Crippen molar-refractivity contribution in [2.45, 2.75) is 153 Å². The molecule has 12 rings (SSSR count). The minimum Gasteiger partial charge on any atom is -0.465 e. The van der Waals surface area contributed by atoms with Crippen LogP contribution >= 0.6 is 0 Å². The van der Waals surface area contributed by atoms with Crippen LogP contribution in [0.1, 0.15) is 146 Å². The van der Waals surface area contributed by atoms with Gasteiger partial charge >= 0.3 is 12.2 Å². The van der Waals surface area contributed by atoms with Crippen LogP contribution in [0.25, 0.3) is 22.1 Å². The zero-order valence-corrected chi connectivity index (χ0v) is 46.4. The quantitative estimate of drug-likeness (QED) is 0.0869. The summed E-state index contributed by atoms with van der Waals surface area (Å²) >= 11 is 0. The van der Waals surface area contributed by atoms with E-state index in [0.717, 1.165) is 68.0 Å². The molecular weight excluding hydrogens is 1020 g/mol. The molecule has 6 aliphatic rings. The number of aromatic amines is 1. The second-order valence-electron chi connectivity index (χ2n) is 24.2. The Balaban J connectivity index is 0.998. The Labute approximate surface area is 465 Å². The van der Waals surface area contributed by atoms with Crippen LogP contribution in [0.15, 0.2) is 84.9 Å². The minimum atomic E-state index is -1.27. The predicted molar refractivity (Wildman–Crippen MR) is 301 cm³/mol. The van der Waals surface area contributed by atoms with Gasteiger partial charge in [0.05, 0.1) is 41.3 Å². The van der Waals surface area contributed by atoms with Crippen molar-refractivity contribution in [2.24, 2.45) is 23.7 Å². The summed E-state index contributed by atoms with van der Waals surface area (Å²) in [6.07, 6.45) is 7.52. The molecule has 422 valence electrons. The van der Waals surface area contributed by atoms with E-state index >= 15 is 13.6 Å². The lowest BCUT2D eigenvalue weighted by Gasteiger charge is -2.44. The molecule has 4 saturated heterocycles. The van der Waals surface area contributed by atoms with E-state index in [1.807, 2.05) is 90.9 Å². The number of anilines is 2. The van der Waals surface area contributed by atoms with E-state index in [-0.39, 0.29) is 59.3 Å². The lowest BCUT2D eigenvalue weighted by Crippen LogP contribution is -2.54. The number of carboxylic acid groups (broad SMARTS) is 1. The largest absolute Gasteiger partial charge is 0.465 e. The first-order chi connectivity index (χ1) is 38.6. The van der Waals surface area contributed by atoms with Gasteiger partial charge in [-0.2, -0.15) is 0 Å². The number of piperidine rings is 1. The Morgan fingerprint density at radius 1 is 0.713 bits per heavy atom. The molecule has 2 aliphatic carbocycles. The number of carbonyl (C=O) groups is 4. The van der Waals surface area contributed by atoms with Crippen LogP contribution in [-0.4, -0.2) is 109 Å². The van der Waals surface area contributed by atoms with Crippen molar-refractivity contribution >= 4 is 57.4 Å². The molecule has 4 aromatic carbocycles. The van der Waals surface area contributed by atoms with Crippen molar-refractivity contribution < 1.29 is 37.8 Å². The summed E-state index contributed by atoms with van der Waals surface area (Å²) in [6.45, 7) is 8.95. The molecule has 6 fully saturated rings. The number of likely N-dealkylation sites (tertiary alicyclic amines) is 2. The Morgan fingerprint density at radius 3 is 1.99 bits per heavy atom. The monoisotopic (exact) mass is 1090 g/mol. The van der Waals surface area contributed by atoms with Crippen molar-refractivity contribution in [3.8, 4) is 0 Å². The van der Waals surface area contributed by atoms with Gasteiger partial charge in [0.15, 0.2) is 11.6 Å². The number of methoxy groups -OCH3 is 1. The summed E-state index contributed by atoms with van der Waals surface area (Å²) in [4.78, 5) is 77.1. The van der Waals surface area contributed by atoms with Crippen LogP contribution in [0.3, 0.4) is 0 Å². The van der Waals surface area contributed by atoms with E-state index in [0.29, 0.717) is 79.6 Å². The highest BCUT2D eigenvalue weighted by Crippen LogP contribution is 2.54. The van der Waals surface area contributed by atoms with Gasteiger partial charge in [0.1, 0.15) is 35.1 Å². The number of carbonyl (C=O) groups excluding carboxylic acids is 3. The third-order valence-corrected chi connectivity index (χ3v) is 19.1. The Kier molecular flexibility index (Phi) is 14.2. The van der Waals surface area contributed by atoms with Gasteiger partial charge in [-0.15, -0.1) is 0 Å². The first-order valence-electron chi connectivity index (χ1n) is 29.2. The van der Waals surface area contributed by atoms with Crippen LogP contribution < -0.4 is 20.4 Å². The summed E-state index contributed by atoms with van der Waals surface area (Å²) < 4.78 is 41.7. The van der Waals surface area contributed by atoms with Crippen molar-refractivity contribution in [1.29, 1.82) is 0 Å². The third kappa shape index (κ3) is 9.17. The average molecular weight is 1090 g/mol. The number of halogens is 2. The van der Waals surface area contributed by atoms with Crippen LogP contribution in [-0.2, 0) is 20.0 Å². The van der Waals surface area contributed by atoms with Gasteiger partial charge in [0.25, 0.3) is 0 Å². The first kappa shape index (κ1) is 53.4. The molecule has 0 radical (unpaired) electrons. The summed E-state index contributed by atoms with van der Waals surface area (Å²) in [7, 11) is 1.29. The molecule has 2 saturated carbocycles. The number of alkyl carbamates (subject to hydrolysis) is 1. The molecule has 18 heteroatoms. The molecule has 4 amide bonds. The van der Waals surface area contributed by atoms with Crippen LogP contribution in [0, 0.1) is 35.3 Å².